The van der Waals surface area contributed by atoms with Gasteiger partial charge in [-0.2, -0.15) is 5.10 Å². The molecule has 1 fully saturated rings. The lowest BCUT2D eigenvalue weighted by Gasteiger charge is -2.24. The third-order valence-corrected chi connectivity index (χ3v) is 5.68. The minimum Gasteiger partial charge on any atom is -0.457 e. The van der Waals surface area contributed by atoms with Crippen molar-refractivity contribution >= 4 is 5.91 Å². The number of aromatic nitrogens is 2. The van der Waals surface area contributed by atoms with Gasteiger partial charge in [-0.05, 0) is 68.3 Å². The number of carbonyl (C=O) groups excluding carboxylic acids is 1. The second-order valence-corrected chi connectivity index (χ2v) is 7.57. The molecule has 3 aromatic rings. The molecule has 0 bridgehead atoms. The largest absolute Gasteiger partial charge is 0.457 e. The highest BCUT2D eigenvalue weighted by molar-refractivity contribution is 5.92. The fourth-order valence-electron chi connectivity index (χ4n) is 3.93. The molecule has 0 saturated carbocycles. The van der Waals surface area contributed by atoms with Gasteiger partial charge in [-0.15, -0.1) is 0 Å². The fraction of sp³-hybridized carbons (Fsp3) is 0.304. The number of hydrogen-bond donors (Lipinski definition) is 1. The van der Waals surface area contributed by atoms with Crippen LogP contribution in [0, 0.1) is 6.92 Å². The number of likely N-dealkylation sites (tertiary alicyclic amines) is 1. The normalized spacial score (nSPS) is 16.8. The highest BCUT2D eigenvalue weighted by atomic mass is 16.5. The molecular weight excluding hydrogens is 364 g/mol. The van der Waals surface area contributed by atoms with Crippen LogP contribution in [0.25, 0.3) is 0 Å². The molecule has 150 valence electrons. The topological polar surface area (TPSA) is 73.4 Å². The van der Waals surface area contributed by atoms with Crippen molar-refractivity contribution in [3.63, 3.8) is 0 Å². The third-order valence-electron chi connectivity index (χ3n) is 5.68. The Morgan fingerprint density at radius 2 is 1.79 bits per heavy atom. The number of primary amides is 1. The summed E-state index contributed by atoms with van der Waals surface area (Å²) >= 11 is 0. The van der Waals surface area contributed by atoms with E-state index in [1.165, 1.54) is 29.7 Å². The lowest BCUT2D eigenvalue weighted by Crippen LogP contribution is -2.23. The monoisotopic (exact) mass is 390 g/mol. The molecule has 0 spiro atoms. The van der Waals surface area contributed by atoms with E-state index in [1.54, 1.807) is 24.3 Å². The minimum atomic E-state index is -0.442. The summed E-state index contributed by atoms with van der Waals surface area (Å²) in [5, 5.41) is 4.42. The highest BCUT2D eigenvalue weighted by Gasteiger charge is 2.28. The van der Waals surface area contributed by atoms with Crippen molar-refractivity contribution in [2.45, 2.75) is 32.4 Å². The van der Waals surface area contributed by atoms with Crippen LogP contribution in [0.15, 0.2) is 54.7 Å². The lowest BCUT2D eigenvalue weighted by atomic mass is 10.1. The Morgan fingerprint density at radius 1 is 1.14 bits per heavy atom. The van der Waals surface area contributed by atoms with Crippen LogP contribution >= 0.6 is 0 Å². The number of aryl methyl sites for hydroxylation is 1. The average molecular weight is 390 g/mol. The Hall–Kier alpha value is -3.12. The predicted molar refractivity (Wildman–Crippen MR) is 112 cm³/mol. The Kier molecular flexibility index (Phi) is 5.36. The van der Waals surface area contributed by atoms with Crippen molar-refractivity contribution in [3.8, 4) is 11.5 Å². The van der Waals surface area contributed by atoms with Gasteiger partial charge in [-0.25, -0.2) is 0 Å². The van der Waals surface area contributed by atoms with Crippen molar-refractivity contribution < 1.29 is 9.53 Å². The van der Waals surface area contributed by atoms with Gasteiger partial charge >= 0.3 is 0 Å². The van der Waals surface area contributed by atoms with Gasteiger partial charge in [0.25, 0.3) is 0 Å². The van der Waals surface area contributed by atoms with Gasteiger partial charge in [0.1, 0.15) is 11.5 Å². The maximum absolute atomic E-state index is 11.2. The van der Waals surface area contributed by atoms with Gasteiger partial charge < -0.3 is 10.5 Å². The second kappa shape index (κ2) is 8.09. The second-order valence-electron chi connectivity index (χ2n) is 7.57. The number of benzene rings is 2. The van der Waals surface area contributed by atoms with Crippen LogP contribution < -0.4 is 10.5 Å². The van der Waals surface area contributed by atoms with Crippen LogP contribution in [-0.2, 0) is 13.6 Å². The first-order chi connectivity index (χ1) is 14.0. The van der Waals surface area contributed by atoms with Crippen molar-refractivity contribution in [1.82, 2.24) is 14.7 Å². The Balaban J connectivity index is 1.41. The Bertz CT molecular complexity index is 993. The molecule has 6 heteroatoms. The zero-order valence-electron chi connectivity index (χ0n) is 16.8. The van der Waals surface area contributed by atoms with Gasteiger partial charge in [0.2, 0.25) is 5.91 Å². The summed E-state index contributed by atoms with van der Waals surface area (Å²) in [5.74, 6) is 0.999. The molecule has 1 atom stereocenters. The van der Waals surface area contributed by atoms with E-state index in [4.69, 9.17) is 10.5 Å². The summed E-state index contributed by atoms with van der Waals surface area (Å²) in [4.78, 5) is 13.7. The zero-order chi connectivity index (χ0) is 20.4. The summed E-state index contributed by atoms with van der Waals surface area (Å²) < 4.78 is 7.82. The van der Waals surface area contributed by atoms with Crippen molar-refractivity contribution in [1.29, 1.82) is 0 Å². The first-order valence-corrected chi connectivity index (χ1v) is 9.90. The number of nitrogens with zero attached hydrogens (tertiary/aromatic N) is 3. The smallest absolute Gasteiger partial charge is 0.248 e. The molecule has 4 rings (SSSR count). The molecule has 0 unspecified atom stereocenters. The third kappa shape index (κ3) is 4.17. The lowest BCUT2D eigenvalue weighted by molar-refractivity contribution is 0.100. The van der Waals surface area contributed by atoms with E-state index < -0.39 is 5.91 Å². The van der Waals surface area contributed by atoms with Crippen LogP contribution in [0.3, 0.4) is 0 Å². The molecule has 1 saturated heterocycles. The molecular formula is C23H26N4O2. The minimum absolute atomic E-state index is 0.434. The molecule has 1 aromatic heterocycles. The van der Waals surface area contributed by atoms with E-state index in [0.29, 0.717) is 17.4 Å². The maximum Gasteiger partial charge on any atom is 0.248 e. The van der Waals surface area contributed by atoms with Crippen LogP contribution in [0.5, 0.6) is 11.5 Å². The summed E-state index contributed by atoms with van der Waals surface area (Å²) in [6, 6.07) is 15.5. The molecule has 2 heterocycles. The van der Waals surface area contributed by atoms with E-state index >= 15 is 0 Å². The van der Waals surface area contributed by atoms with Crippen molar-refractivity contribution in [3.05, 3.63) is 77.1 Å². The van der Waals surface area contributed by atoms with Crippen LogP contribution in [0.2, 0.25) is 0 Å². The van der Waals surface area contributed by atoms with Gasteiger partial charge in [0.05, 0.1) is 6.20 Å². The number of carbonyl (C=O) groups is 1. The quantitative estimate of drug-likeness (QED) is 0.691. The first-order valence-electron chi connectivity index (χ1n) is 9.90. The van der Waals surface area contributed by atoms with Gasteiger partial charge in [0.15, 0.2) is 0 Å². The molecule has 2 aromatic carbocycles. The molecule has 0 aliphatic carbocycles. The van der Waals surface area contributed by atoms with E-state index in [9.17, 15) is 4.79 Å². The Morgan fingerprint density at radius 3 is 2.38 bits per heavy atom. The molecule has 0 radical (unpaired) electrons. The number of rotatable bonds is 6. The number of ether oxygens (including phenoxy) is 1. The van der Waals surface area contributed by atoms with Crippen LogP contribution in [0.4, 0.5) is 0 Å². The van der Waals surface area contributed by atoms with Gasteiger partial charge in [0, 0.05) is 36.5 Å². The summed E-state index contributed by atoms with van der Waals surface area (Å²) in [6.07, 6.45) is 4.40. The maximum atomic E-state index is 11.2. The molecule has 6 nitrogen and oxygen atoms in total. The van der Waals surface area contributed by atoms with E-state index in [0.717, 1.165) is 18.8 Å². The van der Waals surface area contributed by atoms with Crippen molar-refractivity contribution in [2.24, 2.45) is 12.8 Å². The predicted octanol–water partition coefficient (Wildman–Crippen LogP) is 3.96. The molecule has 2 N–H and O–H groups in total. The standard InChI is InChI=1S/C23H26N4O2/c1-16-21(14-25-26(16)2)22-4-3-13-27(22)15-17-5-9-19(10-6-17)29-20-11-7-18(8-12-20)23(24)28/h5-12,14,22H,3-4,13,15H2,1-2H3,(H2,24,28)/t22-/m1/s1. The molecule has 1 amide bonds. The highest BCUT2D eigenvalue weighted by Crippen LogP contribution is 2.34. The van der Waals surface area contributed by atoms with Crippen LogP contribution in [-0.4, -0.2) is 27.1 Å². The average Bonchev–Trinajstić information content (AvgIpc) is 3.30. The number of hydrogen-bond acceptors (Lipinski definition) is 4. The molecule has 1 aliphatic heterocycles. The Labute approximate surface area is 170 Å². The van der Waals surface area contributed by atoms with Crippen molar-refractivity contribution in [2.75, 3.05) is 6.54 Å². The first kappa shape index (κ1) is 19.2. The summed E-state index contributed by atoms with van der Waals surface area (Å²) in [6.45, 7) is 4.15. The zero-order valence-corrected chi connectivity index (χ0v) is 16.8. The van der Waals surface area contributed by atoms with Gasteiger partial charge in [-0.1, -0.05) is 12.1 Å². The van der Waals surface area contributed by atoms with Crippen LogP contribution in [0.1, 0.15) is 46.1 Å². The summed E-state index contributed by atoms with van der Waals surface area (Å²) in [7, 11) is 2.00. The van der Waals surface area contributed by atoms with E-state index in [2.05, 4.69) is 29.1 Å². The van der Waals surface area contributed by atoms with Gasteiger partial charge in [-0.3, -0.25) is 14.4 Å². The fourth-order valence-corrected chi connectivity index (χ4v) is 3.93. The van der Waals surface area contributed by atoms with E-state index in [-0.39, 0.29) is 0 Å². The summed E-state index contributed by atoms with van der Waals surface area (Å²) in [5.41, 5.74) is 9.58. The number of nitrogens with two attached hydrogens (primary N) is 1. The number of amides is 1. The molecule has 1 aliphatic rings. The van der Waals surface area contributed by atoms with E-state index in [1.807, 2.05) is 30.1 Å². The molecule has 29 heavy (non-hydrogen) atoms. The SMILES string of the molecule is Cc1c([C@H]2CCCN2Cc2ccc(Oc3ccc(C(N)=O)cc3)cc2)cnn1C.